The van der Waals surface area contributed by atoms with Crippen molar-refractivity contribution in [2.24, 2.45) is 0 Å². The van der Waals surface area contributed by atoms with Crippen molar-refractivity contribution in [3.05, 3.63) is 46.1 Å². The molecule has 108 valence electrons. The summed E-state index contributed by atoms with van der Waals surface area (Å²) in [5, 5.41) is 9.82. The third-order valence-corrected chi connectivity index (χ3v) is 4.94. The van der Waals surface area contributed by atoms with E-state index in [9.17, 15) is 0 Å². The Bertz CT molecular complexity index is 747. The van der Waals surface area contributed by atoms with Crippen LogP contribution in [0, 0.1) is 20.8 Å². The number of rotatable bonds is 4. The lowest BCUT2D eigenvalue weighted by atomic mass is 10.2. The SMILES string of the molecule is Cc1ccc(CSc2nnc(-c3sc(C)nc3C)o2)cc1. The largest absolute Gasteiger partial charge is 0.410 e. The van der Waals surface area contributed by atoms with Gasteiger partial charge >= 0.3 is 0 Å². The Morgan fingerprint density at radius 2 is 1.86 bits per heavy atom. The molecule has 2 aromatic heterocycles. The normalized spacial score (nSPS) is 11.0. The van der Waals surface area contributed by atoms with Gasteiger partial charge in [-0.1, -0.05) is 41.6 Å². The molecule has 0 aliphatic carbocycles. The van der Waals surface area contributed by atoms with Crippen molar-refractivity contribution in [1.82, 2.24) is 15.2 Å². The van der Waals surface area contributed by atoms with Gasteiger partial charge in [0.1, 0.15) is 4.88 Å². The third kappa shape index (κ3) is 3.33. The molecule has 0 atom stereocenters. The zero-order chi connectivity index (χ0) is 14.8. The molecule has 3 aromatic rings. The molecule has 1 aromatic carbocycles. The van der Waals surface area contributed by atoms with E-state index in [0.717, 1.165) is 21.3 Å². The van der Waals surface area contributed by atoms with Gasteiger partial charge in [0.2, 0.25) is 0 Å². The van der Waals surface area contributed by atoms with Gasteiger partial charge in [-0.25, -0.2) is 4.98 Å². The van der Waals surface area contributed by atoms with E-state index in [0.29, 0.717) is 11.1 Å². The van der Waals surface area contributed by atoms with Gasteiger partial charge in [0.15, 0.2) is 0 Å². The van der Waals surface area contributed by atoms with Crippen molar-refractivity contribution in [2.45, 2.75) is 31.7 Å². The number of aryl methyl sites for hydroxylation is 3. The Morgan fingerprint density at radius 1 is 1.10 bits per heavy atom. The van der Waals surface area contributed by atoms with E-state index >= 15 is 0 Å². The number of aromatic nitrogens is 3. The highest BCUT2D eigenvalue weighted by molar-refractivity contribution is 7.98. The fraction of sp³-hybridized carbons (Fsp3) is 0.267. The average Bonchev–Trinajstić information content (AvgIpc) is 3.04. The van der Waals surface area contributed by atoms with Gasteiger partial charge in [-0.3, -0.25) is 0 Å². The predicted molar refractivity (Wildman–Crippen MR) is 85.6 cm³/mol. The van der Waals surface area contributed by atoms with Gasteiger partial charge in [-0.15, -0.1) is 21.5 Å². The highest BCUT2D eigenvalue weighted by atomic mass is 32.2. The van der Waals surface area contributed by atoms with Crippen LogP contribution in [0.3, 0.4) is 0 Å². The van der Waals surface area contributed by atoms with Crippen molar-refractivity contribution in [3.8, 4) is 10.8 Å². The standard InChI is InChI=1S/C15H15N3OS2/c1-9-4-6-12(7-5-9)8-20-15-18-17-14(19-15)13-10(2)16-11(3)21-13/h4-7H,8H2,1-3H3. The van der Waals surface area contributed by atoms with Crippen molar-refractivity contribution >= 4 is 23.1 Å². The van der Waals surface area contributed by atoms with E-state index in [4.69, 9.17) is 4.42 Å². The van der Waals surface area contributed by atoms with Crippen LogP contribution in [0.25, 0.3) is 10.8 Å². The monoisotopic (exact) mass is 317 g/mol. The number of hydrogen-bond acceptors (Lipinski definition) is 6. The second-order valence-corrected chi connectivity index (χ2v) is 6.92. The first-order valence-corrected chi connectivity index (χ1v) is 8.38. The molecule has 0 aliphatic rings. The second-order valence-electron chi connectivity index (χ2n) is 4.79. The van der Waals surface area contributed by atoms with Crippen molar-refractivity contribution < 1.29 is 4.42 Å². The van der Waals surface area contributed by atoms with Crippen LogP contribution in [0.2, 0.25) is 0 Å². The minimum Gasteiger partial charge on any atom is -0.410 e. The molecule has 6 heteroatoms. The summed E-state index contributed by atoms with van der Waals surface area (Å²) >= 11 is 3.13. The van der Waals surface area contributed by atoms with Crippen LogP contribution < -0.4 is 0 Å². The van der Waals surface area contributed by atoms with Gasteiger partial charge in [-0.05, 0) is 26.3 Å². The van der Waals surface area contributed by atoms with Crippen molar-refractivity contribution in [1.29, 1.82) is 0 Å². The molecular formula is C15H15N3OS2. The van der Waals surface area contributed by atoms with Crippen molar-refractivity contribution in [3.63, 3.8) is 0 Å². The fourth-order valence-electron chi connectivity index (χ4n) is 1.92. The maximum atomic E-state index is 5.72. The van der Waals surface area contributed by atoms with Crippen LogP contribution in [0.5, 0.6) is 0 Å². The van der Waals surface area contributed by atoms with E-state index in [1.165, 1.54) is 11.1 Å². The van der Waals surface area contributed by atoms with Crippen LogP contribution in [0.1, 0.15) is 21.8 Å². The summed E-state index contributed by atoms with van der Waals surface area (Å²) in [4.78, 5) is 5.34. The Hall–Kier alpha value is -1.66. The third-order valence-electron chi connectivity index (χ3n) is 2.99. The Morgan fingerprint density at radius 3 is 2.52 bits per heavy atom. The molecule has 0 saturated heterocycles. The van der Waals surface area contributed by atoms with Crippen LogP contribution in [0.4, 0.5) is 0 Å². The van der Waals surface area contributed by atoms with E-state index in [2.05, 4.69) is 46.4 Å². The average molecular weight is 317 g/mol. The first kappa shape index (κ1) is 14.3. The van der Waals surface area contributed by atoms with Crippen LogP contribution >= 0.6 is 23.1 Å². The fourth-order valence-corrected chi connectivity index (χ4v) is 3.48. The van der Waals surface area contributed by atoms with E-state index in [-0.39, 0.29) is 0 Å². The lowest BCUT2D eigenvalue weighted by Crippen LogP contribution is -1.81. The Labute approximate surface area is 131 Å². The molecule has 0 spiro atoms. The second kappa shape index (κ2) is 5.99. The van der Waals surface area contributed by atoms with Gasteiger partial charge < -0.3 is 4.42 Å². The minimum atomic E-state index is 0.560. The molecule has 0 aliphatic heterocycles. The summed E-state index contributed by atoms with van der Waals surface area (Å²) < 4.78 is 5.72. The van der Waals surface area contributed by atoms with Crippen molar-refractivity contribution in [2.75, 3.05) is 0 Å². The van der Waals surface area contributed by atoms with E-state index < -0.39 is 0 Å². The molecule has 0 radical (unpaired) electrons. The first-order chi connectivity index (χ1) is 10.1. The number of hydrogen-bond donors (Lipinski definition) is 0. The Kier molecular flexibility index (Phi) is 4.07. The lowest BCUT2D eigenvalue weighted by molar-refractivity contribution is 0.466. The molecule has 0 bridgehead atoms. The number of thioether (sulfide) groups is 1. The van der Waals surface area contributed by atoms with Crippen LogP contribution in [-0.2, 0) is 5.75 Å². The van der Waals surface area contributed by atoms with Crippen LogP contribution in [0.15, 0.2) is 33.9 Å². The maximum absolute atomic E-state index is 5.72. The molecule has 0 saturated carbocycles. The van der Waals surface area contributed by atoms with Gasteiger partial charge in [0, 0.05) is 5.75 Å². The topological polar surface area (TPSA) is 51.8 Å². The molecule has 0 fully saturated rings. The summed E-state index contributed by atoms with van der Waals surface area (Å²) in [6, 6.07) is 8.46. The minimum absolute atomic E-state index is 0.560. The van der Waals surface area contributed by atoms with E-state index in [1.807, 2.05) is 13.8 Å². The molecule has 21 heavy (non-hydrogen) atoms. The van der Waals surface area contributed by atoms with E-state index in [1.54, 1.807) is 23.1 Å². The highest BCUT2D eigenvalue weighted by Gasteiger charge is 2.15. The Balaban J connectivity index is 1.70. The van der Waals surface area contributed by atoms with Crippen LogP contribution in [-0.4, -0.2) is 15.2 Å². The summed E-state index contributed by atoms with van der Waals surface area (Å²) in [6.07, 6.45) is 0. The molecule has 0 N–H and O–H groups in total. The quantitative estimate of drug-likeness (QED) is 0.667. The van der Waals surface area contributed by atoms with Gasteiger partial charge in [0.25, 0.3) is 11.1 Å². The van der Waals surface area contributed by atoms with Gasteiger partial charge in [-0.2, -0.15) is 0 Å². The summed E-state index contributed by atoms with van der Waals surface area (Å²) in [5.74, 6) is 1.38. The first-order valence-electron chi connectivity index (χ1n) is 6.58. The van der Waals surface area contributed by atoms with Gasteiger partial charge in [0.05, 0.1) is 10.7 Å². The molecule has 3 rings (SSSR count). The zero-order valence-electron chi connectivity index (χ0n) is 12.1. The molecule has 2 heterocycles. The number of benzene rings is 1. The highest BCUT2D eigenvalue weighted by Crippen LogP contribution is 2.31. The molecule has 0 unspecified atom stereocenters. The summed E-state index contributed by atoms with van der Waals surface area (Å²) in [6.45, 7) is 6.02. The molecule has 4 nitrogen and oxygen atoms in total. The lowest BCUT2D eigenvalue weighted by Gasteiger charge is -1.98. The smallest absolute Gasteiger partial charge is 0.277 e. The number of nitrogens with zero attached hydrogens (tertiary/aromatic N) is 3. The summed E-state index contributed by atoms with van der Waals surface area (Å²) in [5.41, 5.74) is 3.45. The molecular weight excluding hydrogens is 302 g/mol. The summed E-state index contributed by atoms with van der Waals surface area (Å²) in [7, 11) is 0. The zero-order valence-corrected chi connectivity index (χ0v) is 13.7. The number of thiazole rings is 1. The predicted octanol–water partition coefficient (Wildman–Crippen LogP) is 4.41. The molecule has 0 amide bonds. The maximum Gasteiger partial charge on any atom is 0.277 e.